The number of hydrogen-bond donors (Lipinski definition) is 0. The van der Waals surface area contributed by atoms with Crippen LogP contribution in [0.2, 0.25) is 0 Å². The molecule has 14 heavy (non-hydrogen) atoms. The van der Waals surface area contributed by atoms with Crippen LogP contribution in [0, 0.1) is 10.1 Å². The molecule has 4 nitrogen and oxygen atoms in total. The standard InChI is InChI=1S/C10H9NO3/c12-11(13)7-3-1-6-2-4-9-10(14-9)8(6)5-7/h1,3,5,9-10H,2,4H2/t9-,10-/m1/s1. The van der Waals surface area contributed by atoms with Crippen LogP contribution >= 0.6 is 0 Å². The van der Waals surface area contributed by atoms with Crippen LogP contribution < -0.4 is 0 Å². The lowest BCUT2D eigenvalue weighted by atomic mass is 9.91. The molecule has 0 unspecified atom stereocenters. The molecule has 72 valence electrons. The van der Waals surface area contributed by atoms with Gasteiger partial charge in [-0.1, -0.05) is 6.07 Å². The highest BCUT2D eigenvalue weighted by Crippen LogP contribution is 2.47. The highest BCUT2D eigenvalue weighted by Gasteiger charge is 2.44. The zero-order chi connectivity index (χ0) is 9.71. The van der Waals surface area contributed by atoms with E-state index in [1.54, 1.807) is 12.1 Å². The maximum atomic E-state index is 10.6. The van der Waals surface area contributed by atoms with Crippen LogP contribution in [-0.2, 0) is 11.2 Å². The lowest BCUT2D eigenvalue weighted by Crippen LogP contribution is -2.04. The van der Waals surface area contributed by atoms with Gasteiger partial charge in [-0.2, -0.15) is 0 Å². The van der Waals surface area contributed by atoms with Gasteiger partial charge in [-0.3, -0.25) is 10.1 Å². The third kappa shape index (κ3) is 1.04. The lowest BCUT2D eigenvalue weighted by molar-refractivity contribution is -0.384. The summed E-state index contributed by atoms with van der Waals surface area (Å²) in [5.74, 6) is 0. The maximum absolute atomic E-state index is 10.6. The molecule has 1 aliphatic heterocycles. The van der Waals surface area contributed by atoms with Crippen molar-refractivity contribution in [3.05, 3.63) is 39.4 Å². The van der Waals surface area contributed by atoms with Crippen molar-refractivity contribution in [2.45, 2.75) is 25.0 Å². The van der Waals surface area contributed by atoms with E-state index in [2.05, 4.69) is 0 Å². The zero-order valence-electron chi connectivity index (χ0n) is 7.47. The molecule has 1 heterocycles. The first-order chi connectivity index (χ1) is 6.75. The summed E-state index contributed by atoms with van der Waals surface area (Å²) in [5, 5.41) is 10.6. The van der Waals surface area contributed by atoms with Crippen LogP contribution in [-0.4, -0.2) is 11.0 Å². The number of ether oxygens (including phenoxy) is 1. The van der Waals surface area contributed by atoms with Crippen LogP contribution in [0.4, 0.5) is 5.69 Å². The van der Waals surface area contributed by atoms with E-state index in [4.69, 9.17) is 4.74 Å². The van der Waals surface area contributed by atoms with Crippen molar-refractivity contribution >= 4 is 5.69 Å². The Balaban J connectivity index is 2.08. The van der Waals surface area contributed by atoms with Gasteiger partial charge in [0.1, 0.15) is 6.10 Å². The van der Waals surface area contributed by atoms with Gasteiger partial charge < -0.3 is 4.74 Å². The van der Waals surface area contributed by atoms with E-state index in [1.807, 2.05) is 6.07 Å². The highest BCUT2D eigenvalue weighted by atomic mass is 16.6. The fourth-order valence-corrected chi connectivity index (χ4v) is 2.12. The monoisotopic (exact) mass is 191 g/mol. The van der Waals surface area contributed by atoms with E-state index in [1.165, 1.54) is 5.56 Å². The van der Waals surface area contributed by atoms with Crippen LogP contribution in [0.3, 0.4) is 0 Å². The number of hydrogen-bond acceptors (Lipinski definition) is 3. The highest BCUT2D eigenvalue weighted by molar-refractivity contribution is 5.44. The Hall–Kier alpha value is -1.42. The quantitative estimate of drug-likeness (QED) is 0.387. The van der Waals surface area contributed by atoms with Crippen molar-refractivity contribution < 1.29 is 9.66 Å². The summed E-state index contributed by atoms with van der Waals surface area (Å²) in [4.78, 5) is 10.2. The average molecular weight is 191 g/mol. The van der Waals surface area contributed by atoms with Crippen molar-refractivity contribution in [1.29, 1.82) is 0 Å². The number of nitro benzene ring substituents is 1. The van der Waals surface area contributed by atoms with E-state index in [0.29, 0.717) is 6.10 Å². The van der Waals surface area contributed by atoms with Gasteiger partial charge in [0.15, 0.2) is 0 Å². The number of benzene rings is 1. The summed E-state index contributed by atoms with van der Waals surface area (Å²) < 4.78 is 5.42. The fraction of sp³-hybridized carbons (Fsp3) is 0.400. The van der Waals surface area contributed by atoms with Crippen molar-refractivity contribution in [1.82, 2.24) is 0 Å². The molecule has 1 saturated heterocycles. The van der Waals surface area contributed by atoms with Gasteiger partial charge in [-0.05, 0) is 24.0 Å². The molecule has 0 bridgehead atoms. The molecule has 1 fully saturated rings. The van der Waals surface area contributed by atoms with Crippen molar-refractivity contribution in [3.8, 4) is 0 Å². The molecule has 0 radical (unpaired) electrons. The molecule has 0 aromatic heterocycles. The number of rotatable bonds is 1. The summed E-state index contributed by atoms with van der Waals surface area (Å²) >= 11 is 0. The Labute approximate surface area is 80.6 Å². The topological polar surface area (TPSA) is 55.7 Å². The average Bonchev–Trinajstić information content (AvgIpc) is 2.95. The molecule has 1 aromatic rings. The van der Waals surface area contributed by atoms with E-state index >= 15 is 0 Å². The van der Waals surface area contributed by atoms with Gasteiger partial charge in [0.05, 0.1) is 11.0 Å². The van der Waals surface area contributed by atoms with Gasteiger partial charge in [0.2, 0.25) is 0 Å². The molecule has 3 rings (SSSR count). The number of aryl methyl sites for hydroxylation is 1. The summed E-state index contributed by atoms with van der Waals surface area (Å²) in [6.07, 6.45) is 2.49. The fourth-order valence-electron chi connectivity index (χ4n) is 2.12. The molecule has 0 N–H and O–H groups in total. The minimum Gasteiger partial charge on any atom is -0.364 e. The third-order valence-electron chi connectivity index (χ3n) is 2.93. The van der Waals surface area contributed by atoms with Gasteiger partial charge in [0.25, 0.3) is 5.69 Å². The van der Waals surface area contributed by atoms with E-state index < -0.39 is 0 Å². The zero-order valence-corrected chi connectivity index (χ0v) is 7.47. The summed E-state index contributed by atoms with van der Waals surface area (Å²) in [5.41, 5.74) is 2.39. The Morgan fingerprint density at radius 2 is 2.36 bits per heavy atom. The molecule has 0 saturated carbocycles. The predicted octanol–water partition coefficient (Wildman–Crippen LogP) is 1.98. The Morgan fingerprint density at radius 1 is 1.50 bits per heavy atom. The largest absolute Gasteiger partial charge is 0.364 e. The predicted molar refractivity (Wildman–Crippen MR) is 49.0 cm³/mol. The van der Waals surface area contributed by atoms with E-state index in [9.17, 15) is 10.1 Å². The smallest absolute Gasteiger partial charge is 0.269 e. The normalized spacial score (nSPS) is 27.7. The number of nitrogens with zero attached hydrogens (tertiary/aromatic N) is 1. The number of nitro groups is 1. The SMILES string of the molecule is O=[N+]([O-])c1ccc2c(c1)[C@H]1O[C@@H]1CC2. The first-order valence-electron chi connectivity index (χ1n) is 4.68. The Kier molecular flexibility index (Phi) is 1.44. The van der Waals surface area contributed by atoms with Crippen molar-refractivity contribution in [2.24, 2.45) is 0 Å². The van der Waals surface area contributed by atoms with Gasteiger partial charge in [-0.15, -0.1) is 0 Å². The van der Waals surface area contributed by atoms with Gasteiger partial charge >= 0.3 is 0 Å². The lowest BCUT2D eigenvalue weighted by Gasteiger charge is -2.10. The van der Waals surface area contributed by atoms with Crippen molar-refractivity contribution in [3.63, 3.8) is 0 Å². The maximum Gasteiger partial charge on any atom is 0.269 e. The molecule has 1 aliphatic carbocycles. The Morgan fingerprint density at radius 3 is 3.14 bits per heavy atom. The molecule has 1 aromatic carbocycles. The molecule has 0 amide bonds. The molecular formula is C10H9NO3. The summed E-state index contributed by atoms with van der Waals surface area (Å²) in [6, 6.07) is 5.08. The molecule has 2 atom stereocenters. The van der Waals surface area contributed by atoms with Crippen molar-refractivity contribution in [2.75, 3.05) is 0 Å². The third-order valence-corrected chi connectivity index (χ3v) is 2.93. The van der Waals surface area contributed by atoms with Gasteiger partial charge in [-0.25, -0.2) is 0 Å². The number of fused-ring (bicyclic) bond motifs is 3. The molecule has 4 heteroatoms. The number of epoxide rings is 1. The summed E-state index contributed by atoms with van der Waals surface area (Å²) in [6.45, 7) is 0. The van der Waals surface area contributed by atoms with Crippen LogP contribution in [0.25, 0.3) is 0 Å². The second-order valence-corrected chi connectivity index (χ2v) is 3.77. The van der Waals surface area contributed by atoms with Crippen LogP contribution in [0.1, 0.15) is 23.7 Å². The second-order valence-electron chi connectivity index (χ2n) is 3.77. The Bertz CT molecular complexity index is 416. The van der Waals surface area contributed by atoms with E-state index in [0.717, 1.165) is 18.4 Å². The molecule has 0 spiro atoms. The minimum absolute atomic E-state index is 0.138. The van der Waals surface area contributed by atoms with Crippen LogP contribution in [0.15, 0.2) is 18.2 Å². The summed E-state index contributed by atoms with van der Waals surface area (Å²) in [7, 11) is 0. The van der Waals surface area contributed by atoms with E-state index in [-0.39, 0.29) is 16.7 Å². The minimum atomic E-state index is -0.355. The van der Waals surface area contributed by atoms with Gasteiger partial charge in [0, 0.05) is 12.1 Å². The molecule has 2 aliphatic rings. The molecular weight excluding hydrogens is 182 g/mol. The number of non-ortho nitro benzene ring substituents is 1. The first kappa shape index (κ1) is 7.94. The first-order valence-corrected chi connectivity index (χ1v) is 4.68. The van der Waals surface area contributed by atoms with Crippen LogP contribution in [0.5, 0.6) is 0 Å². The second kappa shape index (κ2) is 2.54.